The first kappa shape index (κ1) is 15.0. The van der Waals surface area contributed by atoms with Crippen LogP contribution < -0.4 is 10.1 Å². The minimum absolute atomic E-state index is 0.00266. The van der Waals surface area contributed by atoms with E-state index < -0.39 is 0 Å². The van der Waals surface area contributed by atoms with Crippen LogP contribution in [0.5, 0.6) is 5.88 Å². The third-order valence-electron chi connectivity index (χ3n) is 6.34. The van der Waals surface area contributed by atoms with Crippen LogP contribution in [0.15, 0.2) is 10.6 Å². The van der Waals surface area contributed by atoms with Crippen LogP contribution in [0.1, 0.15) is 51.2 Å². The zero-order valence-corrected chi connectivity index (χ0v) is 14.0. The van der Waals surface area contributed by atoms with Crippen LogP contribution in [0.3, 0.4) is 0 Å². The molecule has 5 rings (SSSR count). The van der Waals surface area contributed by atoms with Crippen LogP contribution in [0.2, 0.25) is 0 Å². The van der Waals surface area contributed by atoms with Crippen molar-refractivity contribution in [2.24, 2.45) is 23.2 Å². The van der Waals surface area contributed by atoms with Gasteiger partial charge in [0.25, 0.3) is 11.8 Å². The number of aromatic nitrogens is 1. The molecule has 0 aliphatic heterocycles. The van der Waals surface area contributed by atoms with E-state index in [1.54, 1.807) is 13.0 Å². The number of carbonyl (C=O) groups is 1. The van der Waals surface area contributed by atoms with Crippen LogP contribution in [-0.4, -0.2) is 23.7 Å². The number of amides is 1. The summed E-state index contributed by atoms with van der Waals surface area (Å²) < 4.78 is 10.3. The van der Waals surface area contributed by atoms with Gasteiger partial charge in [-0.2, -0.15) is 0 Å². The minimum atomic E-state index is -0.0612. The van der Waals surface area contributed by atoms with Crippen LogP contribution in [0.25, 0.3) is 0 Å². The average molecular weight is 318 g/mol. The molecule has 5 nitrogen and oxygen atoms in total. The molecule has 4 aliphatic rings. The number of aryl methyl sites for hydroxylation is 1. The molecule has 4 aliphatic carbocycles. The molecule has 4 bridgehead atoms. The lowest BCUT2D eigenvalue weighted by atomic mass is 9.48. The molecule has 0 spiro atoms. The Morgan fingerprint density at radius 2 is 1.96 bits per heavy atom. The molecule has 1 heterocycles. The number of nitrogens with zero attached hydrogens (tertiary/aromatic N) is 1. The summed E-state index contributed by atoms with van der Waals surface area (Å²) in [5.41, 5.74) is 0.328. The van der Waals surface area contributed by atoms with E-state index in [0.29, 0.717) is 17.1 Å². The number of hydrogen-bond donors (Lipinski definition) is 1. The van der Waals surface area contributed by atoms with Crippen LogP contribution in [-0.2, 0) is 4.79 Å². The van der Waals surface area contributed by atoms with Crippen molar-refractivity contribution in [3.63, 3.8) is 0 Å². The lowest BCUT2D eigenvalue weighted by Gasteiger charge is -2.59. The van der Waals surface area contributed by atoms with E-state index in [2.05, 4.69) is 17.4 Å². The molecule has 1 aromatic heterocycles. The fraction of sp³-hybridized carbons (Fsp3) is 0.778. The number of carbonyl (C=O) groups excluding carboxylic acids is 1. The van der Waals surface area contributed by atoms with Crippen molar-refractivity contribution in [3.8, 4) is 5.88 Å². The van der Waals surface area contributed by atoms with E-state index in [9.17, 15) is 4.79 Å². The van der Waals surface area contributed by atoms with Gasteiger partial charge in [0.15, 0.2) is 6.61 Å². The summed E-state index contributed by atoms with van der Waals surface area (Å²) in [5.74, 6) is 3.69. The molecular formula is C18H26N2O3. The lowest BCUT2D eigenvalue weighted by molar-refractivity contribution is -0.127. The van der Waals surface area contributed by atoms with Crippen molar-refractivity contribution >= 4 is 5.91 Å². The van der Waals surface area contributed by atoms with Gasteiger partial charge >= 0.3 is 0 Å². The number of nitrogens with one attached hydrogen (secondary N) is 1. The summed E-state index contributed by atoms with van der Waals surface area (Å²) >= 11 is 0. The second-order valence-electron chi connectivity index (χ2n) is 8.13. The maximum absolute atomic E-state index is 12.2. The predicted molar refractivity (Wildman–Crippen MR) is 84.9 cm³/mol. The molecule has 0 unspecified atom stereocenters. The molecule has 4 saturated carbocycles. The Bertz CT molecular complexity index is 560. The Morgan fingerprint density at radius 1 is 1.35 bits per heavy atom. The quantitative estimate of drug-likeness (QED) is 0.906. The van der Waals surface area contributed by atoms with E-state index in [4.69, 9.17) is 9.26 Å². The first-order chi connectivity index (χ1) is 11.0. The fourth-order valence-corrected chi connectivity index (χ4v) is 5.70. The van der Waals surface area contributed by atoms with Crippen molar-refractivity contribution in [2.45, 2.75) is 58.4 Å². The average Bonchev–Trinajstić information content (AvgIpc) is 2.89. The van der Waals surface area contributed by atoms with Crippen molar-refractivity contribution < 1.29 is 14.1 Å². The summed E-state index contributed by atoms with van der Waals surface area (Å²) in [6, 6.07) is 1.92. The van der Waals surface area contributed by atoms with Gasteiger partial charge in [0, 0.05) is 12.1 Å². The molecule has 1 aromatic rings. The number of ether oxygens (including phenoxy) is 1. The largest absolute Gasteiger partial charge is 0.465 e. The molecule has 0 radical (unpaired) electrons. The van der Waals surface area contributed by atoms with Crippen molar-refractivity contribution in [3.05, 3.63) is 11.8 Å². The van der Waals surface area contributed by atoms with Gasteiger partial charge in [-0.05, 0) is 80.7 Å². The monoisotopic (exact) mass is 318 g/mol. The summed E-state index contributed by atoms with van der Waals surface area (Å²) in [6.45, 7) is 3.99. The number of hydrogen-bond acceptors (Lipinski definition) is 4. The van der Waals surface area contributed by atoms with Gasteiger partial charge in [-0.15, -0.1) is 0 Å². The second kappa shape index (κ2) is 5.53. The van der Waals surface area contributed by atoms with Crippen molar-refractivity contribution in [1.29, 1.82) is 0 Å². The SMILES string of the molecule is Cc1cc(OCC(=O)N[C@H](C)C23CC4CC(CC(C4)C2)C3)no1. The second-order valence-corrected chi connectivity index (χ2v) is 8.13. The van der Waals surface area contributed by atoms with Gasteiger partial charge in [0.1, 0.15) is 5.76 Å². The fourth-order valence-electron chi connectivity index (χ4n) is 5.70. The molecule has 23 heavy (non-hydrogen) atoms. The predicted octanol–water partition coefficient (Wildman–Crippen LogP) is 3.08. The van der Waals surface area contributed by atoms with Crippen LogP contribution >= 0.6 is 0 Å². The lowest BCUT2D eigenvalue weighted by Crippen LogP contribution is -2.56. The zero-order chi connectivity index (χ0) is 16.0. The molecule has 1 amide bonds. The van der Waals surface area contributed by atoms with Gasteiger partial charge in [-0.25, -0.2) is 0 Å². The number of rotatable bonds is 5. The highest BCUT2D eigenvalue weighted by Gasteiger charge is 2.53. The highest BCUT2D eigenvalue weighted by molar-refractivity contribution is 5.77. The van der Waals surface area contributed by atoms with Crippen LogP contribution in [0, 0.1) is 30.1 Å². The smallest absolute Gasteiger partial charge is 0.258 e. The maximum atomic E-state index is 12.2. The molecule has 4 fully saturated rings. The Labute approximate surface area is 137 Å². The van der Waals surface area contributed by atoms with Gasteiger partial charge in [-0.3, -0.25) is 4.79 Å². The van der Waals surface area contributed by atoms with Gasteiger partial charge in [-0.1, -0.05) is 0 Å². The first-order valence-corrected chi connectivity index (χ1v) is 8.88. The Kier molecular flexibility index (Phi) is 3.62. The molecule has 5 heteroatoms. The Hall–Kier alpha value is -1.52. The normalized spacial score (nSPS) is 36.0. The van der Waals surface area contributed by atoms with E-state index >= 15 is 0 Å². The molecule has 0 aromatic carbocycles. The summed E-state index contributed by atoms with van der Waals surface area (Å²) in [5, 5.41) is 6.94. The van der Waals surface area contributed by atoms with E-state index in [-0.39, 0.29) is 18.6 Å². The van der Waals surface area contributed by atoms with Gasteiger partial charge in [0.05, 0.1) is 0 Å². The third-order valence-corrected chi connectivity index (χ3v) is 6.34. The standard InChI is InChI=1S/C18H26N2O3/c1-11-3-17(20-23-11)22-10-16(21)19-12(2)18-7-13-4-14(8-18)6-15(5-13)9-18/h3,12-15H,4-10H2,1-2H3,(H,19,21)/t12-,13?,14?,15?,18?/m1/s1. The zero-order valence-electron chi connectivity index (χ0n) is 14.0. The van der Waals surface area contributed by atoms with Crippen LogP contribution in [0.4, 0.5) is 0 Å². The molecule has 1 N–H and O–H groups in total. The Morgan fingerprint density at radius 3 is 2.48 bits per heavy atom. The van der Waals surface area contributed by atoms with E-state index in [1.807, 2.05) is 0 Å². The summed E-state index contributed by atoms with van der Waals surface area (Å²) in [7, 11) is 0. The molecule has 0 saturated heterocycles. The molecule has 126 valence electrons. The molecule has 1 atom stereocenters. The van der Waals surface area contributed by atoms with Gasteiger partial charge in [0.2, 0.25) is 0 Å². The maximum Gasteiger partial charge on any atom is 0.258 e. The van der Waals surface area contributed by atoms with Crippen molar-refractivity contribution in [1.82, 2.24) is 10.5 Å². The topological polar surface area (TPSA) is 64.4 Å². The van der Waals surface area contributed by atoms with E-state index in [1.165, 1.54) is 38.5 Å². The minimum Gasteiger partial charge on any atom is -0.465 e. The highest BCUT2D eigenvalue weighted by atomic mass is 16.5. The molecular weight excluding hydrogens is 292 g/mol. The third kappa shape index (κ3) is 2.86. The Balaban J connectivity index is 1.34. The highest BCUT2D eigenvalue weighted by Crippen LogP contribution is 2.61. The van der Waals surface area contributed by atoms with E-state index in [0.717, 1.165) is 17.8 Å². The summed E-state index contributed by atoms with van der Waals surface area (Å²) in [6.07, 6.45) is 8.16. The summed E-state index contributed by atoms with van der Waals surface area (Å²) in [4.78, 5) is 12.2. The van der Waals surface area contributed by atoms with Gasteiger partial charge < -0.3 is 14.6 Å². The first-order valence-electron chi connectivity index (χ1n) is 8.88. The van der Waals surface area contributed by atoms with Crippen molar-refractivity contribution in [2.75, 3.05) is 6.61 Å².